The molecule has 0 aromatic rings. The van der Waals surface area contributed by atoms with E-state index in [0.717, 1.165) is 19.3 Å². The summed E-state index contributed by atoms with van der Waals surface area (Å²) in [6.07, 6.45) is 6.41. The minimum atomic E-state index is -0.874. The zero-order chi connectivity index (χ0) is 10.9. The number of hydrogen-bond donors (Lipinski definition) is 1. The van der Waals surface area contributed by atoms with E-state index in [1.807, 2.05) is 0 Å². The van der Waals surface area contributed by atoms with Gasteiger partial charge in [-0.15, -0.1) is 0 Å². The maximum Gasteiger partial charge on any atom is 0.331 e. The molecule has 0 saturated heterocycles. The summed E-state index contributed by atoms with van der Waals surface area (Å²) in [5.74, 6) is -1.27. The lowest BCUT2D eigenvalue weighted by atomic mass is 9.70. The third-order valence-electron chi connectivity index (χ3n) is 3.37. The molecule has 4 nitrogen and oxygen atoms in total. The van der Waals surface area contributed by atoms with Crippen LogP contribution in [0.2, 0.25) is 0 Å². The van der Waals surface area contributed by atoms with Gasteiger partial charge in [-0.05, 0) is 18.9 Å². The number of cyclic esters (lactones) is 1. The van der Waals surface area contributed by atoms with Gasteiger partial charge in [0.15, 0.2) is 0 Å². The summed E-state index contributed by atoms with van der Waals surface area (Å²) < 4.78 is 5.03. The van der Waals surface area contributed by atoms with Crippen molar-refractivity contribution in [2.24, 2.45) is 5.41 Å². The van der Waals surface area contributed by atoms with Gasteiger partial charge in [0, 0.05) is 6.08 Å². The van der Waals surface area contributed by atoms with Crippen molar-refractivity contribution in [1.82, 2.24) is 0 Å². The van der Waals surface area contributed by atoms with Crippen molar-refractivity contribution in [1.29, 1.82) is 0 Å². The minimum Gasteiger partial charge on any atom is -0.481 e. The molecular formula is C11H14O4. The topological polar surface area (TPSA) is 63.6 Å². The zero-order valence-electron chi connectivity index (χ0n) is 8.44. The standard InChI is InChI=1S/C11H14O4/c12-9-5-4-8(15-9)11(10(13)14)6-2-1-3-7-11/h4-5,8H,1-3,6-7H2,(H,13,14). The molecule has 0 aromatic carbocycles. The van der Waals surface area contributed by atoms with Crippen LogP contribution in [0.3, 0.4) is 0 Å². The molecule has 1 N–H and O–H groups in total. The van der Waals surface area contributed by atoms with Crippen LogP contribution < -0.4 is 0 Å². The van der Waals surface area contributed by atoms with Crippen molar-refractivity contribution in [3.8, 4) is 0 Å². The largest absolute Gasteiger partial charge is 0.481 e. The van der Waals surface area contributed by atoms with Crippen LogP contribution in [0.1, 0.15) is 32.1 Å². The molecule has 1 unspecified atom stereocenters. The fourth-order valence-electron chi connectivity index (χ4n) is 2.47. The van der Waals surface area contributed by atoms with E-state index in [-0.39, 0.29) is 0 Å². The van der Waals surface area contributed by atoms with E-state index in [2.05, 4.69) is 0 Å². The predicted molar refractivity (Wildman–Crippen MR) is 52.2 cm³/mol. The monoisotopic (exact) mass is 210 g/mol. The van der Waals surface area contributed by atoms with E-state index in [9.17, 15) is 14.7 Å². The third-order valence-corrected chi connectivity index (χ3v) is 3.37. The number of carbonyl (C=O) groups excluding carboxylic acids is 1. The van der Waals surface area contributed by atoms with Gasteiger partial charge in [0.25, 0.3) is 0 Å². The normalized spacial score (nSPS) is 28.8. The average molecular weight is 210 g/mol. The molecule has 0 amide bonds. The summed E-state index contributed by atoms with van der Waals surface area (Å²) in [5, 5.41) is 9.31. The average Bonchev–Trinajstić information content (AvgIpc) is 2.66. The number of ether oxygens (including phenoxy) is 1. The molecule has 0 radical (unpaired) electrons. The molecule has 1 saturated carbocycles. The number of rotatable bonds is 2. The van der Waals surface area contributed by atoms with Gasteiger partial charge in [0.1, 0.15) is 11.5 Å². The van der Waals surface area contributed by atoms with E-state index in [4.69, 9.17) is 4.74 Å². The van der Waals surface area contributed by atoms with E-state index >= 15 is 0 Å². The molecule has 0 aromatic heterocycles. The predicted octanol–water partition coefficient (Wildman–Crippen LogP) is 1.50. The first-order chi connectivity index (χ1) is 7.15. The molecular weight excluding hydrogens is 196 g/mol. The van der Waals surface area contributed by atoms with Crippen molar-refractivity contribution in [2.45, 2.75) is 38.2 Å². The van der Waals surface area contributed by atoms with Gasteiger partial charge in [0.2, 0.25) is 0 Å². The number of carboxylic acid groups (broad SMARTS) is 1. The van der Waals surface area contributed by atoms with Gasteiger partial charge in [-0.3, -0.25) is 4.79 Å². The lowest BCUT2D eigenvalue weighted by Crippen LogP contribution is -2.43. The Labute approximate surface area is 87.9 Å². The minimum absolute atomic E-state index is 0.425. The van der Waals surface area contributed by atoms with Gasteiger partial charge < -0.3 is 9.84 Å². The number of hydrogen-bond acceptors (Lipinski definition) is 3. The molecule has 82 valence electrons. The van der Waals surface area contributed by atoms with Crippen molar-refractivity contribution in [3.05, 3.63) is 12.2 Å². The highest BCUT2D eigenvalue weighted by atomic mass is 16.5. The van der Waals surface area contributed by atoms with Crippen LogP contribution in [0.25, 0.3) is 0 Å². The molecule has 2 aliphatic rings. The summed E-state index contributed by atoms with van der Waals surface area (Å²) >= 11 is 0. The van der Waals surface area contributed by atoms with Crippen LogP contribution in [-0.4, -0.2) is 23.1 Å². The number of esters is 1. The number of carboxylic acids is 1. The molecule has 1 heterocycles. The highest BCUT2D eigenvalue weighted by Gasteiger charge is 2.48. The second kappa shape index (κ2) is 3.68. The first-order valence-electron chi connectivity index (χ1n) is 5.27. The van der Waals surface area contributed by atoms with Crippen LogP contribution in [0, 0.1) is 5.41 Å². The summed E-state index contributed by atoms with van der Waals surface area (Å²) in [5.41, 5.74) is -0.874. The fraction of sp³-hybridized carbons (Fsp3) is 0.636. The van der Waals surface area contributed by atoms with Gasteiger partial charge in [0.05, 0.1) is 0 Å². The molecule has 0 bridgehead atoms. The summed E-state index contributed by atoms with van der Waals surface area (Å²) in [6.45, 7) is 0. The molecule has 0 spiro atoms. The Bertz CT molecular complexity index is 313. The van der Waals surface area contributed by atoms with Gasteiger partial charge in [-0.25, -0.2) is 4.79 Å². The van der Waals surface area contributed by atoms with Crippen LogP contribution in [0.15, 0.2) is 12.2 Å². The van der Waals surface area contributed by atoms with Crippen molar-refractivity contribution >= 4 is 11.9 Å². The van der Waals surface area contributed by atoms with Crippen molar-refractivity contribution in [2.75, 3.05) is 0 Å². The Morgan fingerprint density at radius 1 is 1.40 bits per heavy atom. The zero-order valence-corrected chi connectivity index (χ0v) is 8.44. The van der Waals surface area contributed by atoms with E-state index < -0.39 is 23.5 Å². The summed E-state index contributed by atoms with van der Waals surface area (Å²) in [4.78, 5) is 22.3. The van der Waals surface area contributed by atoms with Gasteiger partial charge in [-0.2, -0.15) is 0 Å². The second-order valence-corrected chi connectivity index (χ2v) is 4.24. The summed E-state index contributed by atoms with van der Waals surface area (Å²) in [6, 6.07) is 0. The molecule has 1 aliphatic heterocycles. The molecule has 1 aliphatic carbocycles. The van der Waals surface area contributed by atoms with Crippen LogP contribution >= 0.6 is 0 Å². The Morgan fingerprint density at radius 3 is 2.53 bits per heavy atom. The quantitative estimate of drug-likeness (QED) is 0.701. The Balaban J connectivity index is 2.22. The number of carbonyl (C=O) groups is 2. The Morgan fingerprint density at radius 2 is 2.07 bits per heavy atom. The van der Waals surface area contributed by atoms with Crippen LogP contribution in [-0.2, 0) is 14.3 Å². The molecule has 1 atom stereocenters. The second-order valence-electron chi connectivity index (χ2n) is 4.24. The van der Waals surface area contributed by atoms with E-state index in [1.165, 1.54) is 6.08 Å². The fourth-order valence-corrected chi connectivity index (χ4v) is 2.47. The first kappa shape index (κ1) is 10.2. The van der Waals surface area contributed by atoms with E-state index in [0.29, 0.717) is 12.8 Å². The van der Waals surface area contributed by atoms with Crippen LogP contribution in [0.5, 0.6) is 0 Å². The van der Waals surface area contributed by atoms with Gasteiger partial charge >= 0.3 is 11.9 Å². The SMILES string of the molecule is O=C1C=CC(C2(C(=O)O)CCCCC2)O1. The third kappa shape index (κ3) is 1.64. The molecule has 4 heteroatoms. The maximum atomic E-state index is 11.3. The van der Waals surface area contributed by atoms with Crippen molar-refractivity contribution in [3.63, 3.8) is 0 Å². The lowest BCUT2D eigenvalue weighted by Gasteiger charge is -2.36. The first-order valence-corrected chi connectivity index (χ1v) is 5.27. The van der Waals surface area contributed by atoms with Crippen molar-refractivity contribution < 1.29 is 19.4 Å². The smallest absolute Gasteiger partial charge is 0.331 e. The molecule has 15 heavy (non-hydrogen) atoms. The highest BCUT2D eigenvalue weighted by Crippen LogP contribution is 2.42. The Hall–Kier alpha value is -1.32. The lowest BCUT2D eigenvalue weighted by molar-refractivity contribution is -0.163. The summed E-state index contributed by atoms with van der Waals surface area (Å²) in [7, 11) is 0. The molecule has 1 fully saturated rings. The molecule has 2 rings (SSSR count). The van der Waals surface area contributed by atoms with E-state index in [1.54, 1.807) is 6.08 Å². The maximum absolute atomic E-state index is 11.3. The van der Waals surface area contributed by atoms with Crippen LogP contribution in [0.4, 0.5) is 0 Å². The number of aliphatic carboxylic acids is 1. The highest BCUT2D eigenvalue weighted by molar-refractivity contribution is 5.86. The Kier molecular flexibility index (Phi) is 2.50. The van der Waals surface area contributed by atoms with Gasteiger partial charge in [-0.1, -0.05) is 19.3 Å².